The lowest BCUT2D eigenvalue weighted by atomic mass is 9.65. The van der Waals surface area contributed by atoms with Gasteiger partial charge in [-0.1, -0.05) is 32.4 Å². The molecule has 1 aromatic rings. The van der Waals surface area contributed by atoms with Crippen LogP contribution in [0.1, 0.15) is 58.4 Å². The number of allylic oxidation sites excluding steroid dienone is 1. The van der Waals surface area contributed by atoms with Crippen LogP contribution in [0.3, 0.4) is 0 Å². The first-order valence-corrected chi connectivity index (χ1v) is 9.39. The Morgan fingerprint density at radius 2 is 2.04 bits per heavy atom. The third kappa shape index (κ3) is 3.17. The Hall–Kier alpha value is -2.10. The first-order chi connectivity index (χ1) is 12.2. The standard InChI is InChI=1S/C22H30O4/c1-14-7-6-9-21(3,15(14)2)11-12-22(4)10-8-16-19(24)17(23)13-18(25-5)20(16)26-22/h8,10,13-14,23-24H,2,6-7,9,11-12H2,1,3-5H3. The lowest BCUT2D eigenvalue weighted by molar-refractivity contribution is 0.0989. The summed E-state index contributed by atoms with van der Waals surface area (Å²) in [7, 11) is 1.53. The number of fused-ring (bicyclic) bond motifs is 1. The molecule has 1 aromatic carbocycles. The highest BCUT2D eigenvalue weighted by atomic mass is 16.5. The number of rotatable bonds is 4. The molecule has 0 radical (unpaired) electrons. The van der Waals surface area contributed by atoms with Crippen molar-refractivity contribution in [3.8, 4) is 23.0 Å². The van der Waals surface area contributed by atoms with E-state index >= 15 is 0 Å². The van der Waals surface area contributed by atoms with Crippen LogP contribution in [-0.2, 0) is 0 Å². The maximum atomic E-state index is 10.1. The van der Waals surface area contributed by atoms with Crippen molar-refractivity contribution >= 4 is 6.08 Å². The molecule has 0 spiro atoms. The summed E-state index contributed by atoms with van der Waals surface area (Å²) < 4.78 is 11.6. The van der Waals surface area contributed by atoms with Crippen molar-refractivity contribution in [3.05, 3.63) is 29.9 Å². The van der Waals surface area contributed by atoms with Gasteiger partial charge in [0.25, 0.3) is 0 Å². The zero-order valence-corrected chi connectivity index (χ0v) is 16.3. The summed E-state index contributed by atoms with van der Waals surface area (Å²) in [4.78, 5) is 0. The van der Waals surface area contributed by atoms with Gasteiger partial charge in [0.15, 0.2) is 23.0 Å². The quantitative estimate of drug-likeness (QED) is 0.556. The van der Waals surface area contributed by atoms with Crippen molar-refractivity contribution < 1.29 is 19.7 Å². The van der Waals surface area contributed by atoms with Crippen LogP contribution in [0.15, 0.2) is 24.3 Å². The summed E-state index contributed by atoms with van der Waals surface area (Å²) >= 11 is 0. The van der Waals surface area contributed by atoms with Gasteiger partial charge in [0.2, 0.25) is 0 Å². The molecule has 0 bridgehead atoms. The molecule has 26 heavy (non-hydrogen) atoms. The van der Waals surface area contributed by atoms with Crippen molar-refractivity contribution in [2.45, 2.75) is 58.5 Å². The minimum absolute atomic E-state index is 0.138. The van der Waals surface area contributed by atoms with Gasteiger partial charge >= 0.3 is 0 Å². The van der Waals surface area contributed by atoms with Gasteiger partial charge in [0, 0.05) is 6.07 Å². The molecule has 3 rings (SSSR count). The van der Waals surface area contributed by atoms with Crippen LogP contribution in [0.5, 0.6) is 23.0 Å². The average molecular weight is 358 g/mol. The monoisotopic (exact) mass is 358 g/mol. The second-order valence-corrected chi connectivity index (χ2v) is 8.32. The Morgan fingerprint density at radius 1 is 1.31 bits per heavy atom. The highest BCUT2D eigenvalue weighted by molar-refractivity contribution is 5.74. The Morgan fingerprint density at radius 3 is 2.73 bits per heavy atom. The van der Waals surface area contributed by atoms with Gasteiger partial charge in [0.05, 0.1) is 12.7 Å². The molecule has 1 saturated carbocycles. The highest BCUT2D eigenvalue weighted by Crippen LogP contribution is 2.50. The molecule has 3 unspecified atom stereocenters. The number of methoxy groups -OCH3 is 1. The summed E-state index contributed by atoms with van der Waals surface area (Å²) in [5.74, 6) is 1.09. The van der Waals surface area contributed by atoms with Gasteiger partial charge in [-0.3, -0.25) is 0 Å². The van der Waals surface area contributed by atoms with E-state index in [4.69, 9.17) is 9.47 Å². The average Bonchev–Trinajstić information content (AvgIpc) is 2.61. The van der Waals surface area contributed by atoms with Gasteiger partial charge < -0.3 is 19.7 Å². The number of ether oxygens (including phenoxy) is 2. The fraction of sp³-hybridized carbons (Fsp3) is 0.545. The largest absolute Gasteiger partial charge is 0.504 e. The van der Waals surface area contributed by atoms with E-state index in [1.807, 2.05) is 19.1 Å². The maximum Gasteiger partial charge on any atom is 0.173 e. The van der Waals surface area contributed by atoms with Crippen LogP contribution in [-0.4, -0.2) is 22.9 Å². The molecular weight excluding hydrogens is 328 g/mol. The molecule has 1 heterocycles. The van der Waals surface area contributed by atoms with Crippen LogP contribution in [0.25, 0.3) is 6.08 Å². The summed E-state index contributed by atoms with van der Waals surface area (Å²) in [5, 5.41) is 20.0. The van der Waals surface area contributed by atoms with Crippen molar-refractivity contribution in [1.82, 2.24) is 0 Å². The van der Waals surface area contributed by atoms with E-state index in [0.717, 1.165) is 12.8 Å². The van der Waals surface area contributed by atoms with Gasteiger partial charge in [-0.15, -0.1) is 0 Å². The zero-order chi connectivity index (χ0) is 19.1. The summed E-state index contributed by atoms with van der Waals surface area (Å²) in [6, 6.07) is 1.39. The molecule has 0 saturated heterocycles. The topological polar surface area (TPSA) is 58.9 Å². The smallest absolute Gasteiger partial charge is 0.173 e. The van der Waals surface area contributed by atoms with Crippen molar-refractivity contribution in [3.63, 3.8) is 0 Å². The van der Waals surface area contributed by atoms with Gasteiger partial charge in [0.1, 0.15) is 5.60 Å². The fourth-order valence-corrected chi connectivity index (χ4v) is 4.25. The summed E-state index contributed by atoms with van der Waals surface area (Å²) in [5.41, 5.74) is 1.46. The third-order valence-corrected chi connectivity index (χ3v) is 6.30. The summed E-state index contributed by atoms with van der Waals surface area (Å²) in [6.45, 7) is 11.0. The fourth-order valence-electron chi connectivity index (χ4n) is 4.25. The molecule has 0 aromatic heterocycles. The lowest BCUT2D eigenvalue weighted by Crippen LogP contribution is -2.36. The van der Waals surface area contributed by atoms with Crippen molar-refractivity contribution in [2.75, 3.05) is 7.11 Å². The van der Waals surface area contributed by atoms with Crippen molar-refractivity contribution in [2.24, 2.45) is 11.3 Å². The normalized spacial score (nSPS) is 30.6. The van der Waals surface area contributed by atoms with E-state index in [9.17, 15) is 10.2 Å². The highest BCUT2D eigenvalue weighted by Gasteiger charge is 2.38. The van der Waals surface area contributed by atoms with Crippen molar-refractivity contribution in [1.29, 1.82) is 0 Å². The Kier molecular flexibility index (Phi) is 4.72. The maximum absolute atomic E-state index is 10.1. The Bertz CT molecular complexity index is 751. The molecule has 4 heteroatoms. The first kappa shape index (κ1) is 18.7. The molecular formula is C22H30O4. The van der Waals surface area contributed by atoms with E-state index in [1.54, 1.807) is 0 Å². The van der Waals surface area contributed by atoms with Gasteiger partial charge in [-0.05, 0) is 56.1 Å². The van der Waals surface area contributed by atoms with E-state index < -0.39 is 5.60 Å². The number of benzene rings is 1. The Labute approximate surface area is 156 Å². The van der Waals surface area contributed by atoms with E-state index in [2.05, 4.69) is 20.4 Å². The molecule has 2 aliphatic rings. The SMILES string of the molecule is C=C1C(C)CCCC1(C)CCC1(C)C=Cc2c(O)c(O)cc(OC)c2O1. The molecule has 4 nitrogen and oxygen atoms in total. The van der Waals surface area contributed by atoms with Crippen LogP contribution in [0.2, 0.25) is 0 Å². The molecule has 0 amide bonds. The number of aromatic hydroxyl groups is 2. The molecule has 1 aliphatic heterocycles. The second kappa shape index (κ2) is 6.57. The molecule has 1 aliphatic carbocycles. The Balaban J connectivity index is 1.82. The minimum atomic E-state index is -0.492. The van der Waals surface area contributed by atoms with Gasteiger partial charge in [-0.2, -0.15) is 0 Å². The van der Waals surface area contributed by atoms with Crippen LogP contribution in [0, 0.1) is 11.3 Å². The van der Waals surface area contributed by atoms with Gasteiger partial charge in [-0.25, -0.2) is 0 Å². The molecule has 1 fully saturated rings. The third-order valence-electron chi connectivity index (χ3n) is 6.30. The number of phenolic OH excluding ortho intramolecular Hbond substituents is 2. The second-order valence-electron chi connectivity index (χ2n) is 8.32. The number of phenols is 2. The lowest BCUT2D eigenvalue weighted by Gasteiger charge is -2.42. The zero-order valence-electron chi connectivity index (χ0n) is 16.3. The van der Waals surface area contributed by atoms with Crippen LogP contribution in [0.4, 0.5) is 0 Å². The van der Waals surface area contributed by atoms with E-state index in [1.165, 1.54) is 38.0 Å². The number of hydrogen-bond donors (Lipinski definition) is 2. The molecule has 3 atom stereocenters. The van der Waals surface area contributed by atoms with E-state index in [0.29, 0.717) is 23.0 Å². The predicted octanol–water partition coefficient (Wildman–Crippen LogP) is 5.43. The summed E-state index contributed by atoms with van der Waals surface area (Å²) in [6.07, 6.45) is 9.27. The van der Waals surface area contributed by atoms with Crippen LogP contribution < -0.4 is 9.47 Å². The molecule has 142 valence electrons. The predicted molar refractivity (Wildman–Crippen MR) is 104 cm³/mol. The van der Waals surface area contributed by atoms with E-state index in [-0.39, 0.29) is 16.9 Å². The van der Waals surface area contributed by atoms with Crippen LogP contribution >= 0.6 is 0 Å². The number of hydrogen-bond acceptors (Lipinski definition) is 4. The first-order valence-electron chi connectivity index (χ1n) is 9.39. The molecule has 2 N–H and O–H groups in total. The minimum Gasteiger partial charge on any atom is -0.504 e.